The third kappa shape index (κ3) is 36.3. The quantitative estimate of drug-likeness (QED) is 0.0272. The summed E-state index contributed by atoms with van der Waals surface area (Å²) in [6.45, 7) is 1.19. The normalized spacial score (nSPS) is 18.2. The van der Waals surface area contributed by atoms with Crippen LogP contribution in [0, 0.1) is 5.41 Å². The van der Waals surface area contributed by atoms with Gasteiger partial charge in [-0.1, -0.05) is 20.8 Å². The Morgan fingerprint density at radius 2 is 0.492 bits per heavy atom. The Labute approximate surface area is 347 Å². The van der Waals surface area contributed by atoms with Gasteiger partial charge in [0.15, 0.2) is 0 Å². The lowest BCUT2D eigenvalue weighted by atomic mass is 9.89. The monoisotopic (exact) mass is 872 g/mol. The summed E-state index contributed by atoms with van der Waals surface area (Å²) in [4.78, 5) is 0. The molecule has 0 rings (SSSR count). The molecule has 0 saturated carbocycles. The number of hydrogen-bond acceptors (Lipinski definition) is 22. The summed E-state index contributed by atoms with van der Waals surface area (Å²) in [5, 5.41) is 115. The molecule has 0 aromatic rings. The Morgan fingerprint density at radius 3 is 0.729 bits per heavy atom. The van der Waals surface area contributed by atoms with E-state index in [9.17, 15) is 40.9 Å². The van der Waals surface area contributed by atoms with Crippen molar-refractivity contribution in [2.24, 2.45) is 5.41 Å². The first-order chi connectivity index (χ1) is 28.0. The van der Waals surface area contributed by atoms with Gasteiger partial charge in [-0.05, 0) is 11.8 Å². The maximum Gasteiger partial charge on any atom is 0.104 e. The van der Waals surface area contributed by atoms with Gasteiger partial charge in [-0.25, -0.2) is 0 Å². The molecule has 0 amide bonds. The van der Waals surface area contributed by atoms with Crippen LogP contribution in [0.1, 0.15) is 27.2 Å². The molecule has 0 aliphatic heterocycles. The van der Waals surface area contributed by atoms with E-state index in [4.69, 9.17) is 67.8 Å². The minimum atomic E-state index is -1.14. The van der Waals surface area contributed by atoms with Crippen molar-refractivity contribution in [2.75, 3.05) is 139 Å². The van der Waals surface area contributed by atoms with Crippen LogP contribution in [0.15, 0.2) is 0 Å². The summed E-state index contributed by atoms with van der Waals surface area (Å²) in [6.07, 6.45) is -10.5. The molecule has 0 saturated heterocycles. The smallest absolute Gasteiger partial charge is 0.104 e. The molecule has 0 aliphatic carbocycles. The first-order valence-corrected chi connectivity index (χ1v) is 19.8. The molecule has 11 atom stereocenters. The maximum absolute atomic E-state index is 10.4. The fourth-order valence-corrected chi connectivity index (χ4v) is 4.65. The second kappa shape index (κ2) is 36.6. The first kappa shape index (κ1) is 58.1. The molecular formula is C37H76O22. The zero-order valence-electron chi connectivity index (χ0n) is 34.9. The van der Waals surface area contributed by atoms with Crippen LogP contribution < -0.4 is 0 Å². The van der Waals surface area contributed by atoms with E-state index in [1.807, 2.05) is 20.8 Å². The zero-order chi connectivity index (χ0) is 44.5. The van der Waals surface area contributed by atoms with E-state index in [0.717, 1.165) is 0 Å². The molecule has 0 heterocycles. The Kier molecular flexibility index (Phi) is 36.0. The number of aliphatic hydroxyl groups is 12. The molecule has 0 fully saturated rings. The molecule has 0 aliphatic rings. The van der Waals surface area contributed by atoms with E-state index in [2.05, 4.69) is 0 Å². The second-order valence-corrected chi connectivity index (χ2v) is 15.4. The molecule has 0 aromatic heterocycles. The van der Waals surface area contributed by atoms with Crippen LogP contribution in [0.2, 0.25) is 0 Å². The third-order valence-corrected chi connectivity index (χ3v) is 7.57. The summed E-state index contributed by atoms with van der Waals surface area (Å²) < 4.78 is 55.9. The van der Waals surface area contributed by atoms with Crippen molar-refractivity contribution in [3.05, 3.63) is 0 Å². The predicted octanol–water partition coefficient (Wildman–Crippen LogP) is -5.45. The van der Waals surface area contributed by atoms with E-state index in [0.29, 0.717) is 6.42 Å². The van der Waals surface area contributed by atoms with Crippen LogP contribution in [-0.2, 0) is 47.4 Å². The van der Waals surface area contributed by atoms with E-state index in [1.54, 1.807) is 0 Å². The van der Waals surface area contributed by atoms with Crippen molar-refractivity contribution in [1.29, 1.82) is 0 Å². The molecule has 0 bridgehead atoms. The van der Waals surface area contributed by atoms with Gasteiger partial charge >= 0.3 is 0 Å². The van der Waals surface area contributed by atoms with Crippen molar-refractivity contribution in [1.82, 2.24) is 0 Å². The van der Waals surface area contributed by atoms with E-state index in [1.165, 1.54) is 0 Å². The van der Waals surface area contributed by atoms with Gasteiger partial charge in [0.05, 0.1) is 145 Å². The molecule has 0 radical (unpaired) electrons. The molecule has 0 aromatic carbocycles. The van der Waals surface area contributed by atoms with E-state index in [-0.39, 0.29) is 118 Å². The highest BCUT2D eigenvalue weighted by molar-refractivity contribution is 4.69. The minimum absolute atomic E-state index is 0.0134. The number of rotatable bonds is 42. The van der Waals surface area contributed by atoms with Gasteiger partial charge in [-0.3, -0.25) is 0 Å². The average Bonchev–Trinajstić information content (AvgIpc) is 3.19. The van der Waals surface area contributed by atoms with Gasteiger partial charge in [0.25, 0.3) is 0 Å². The number of aliphatic hydroxyl groups excluding tert-OH is 12. The molecule has 22 nitrogen and oxygen atoms in total. The standard InChI is InChI=1S/C37H76O22/c1-37(2,3)4-26(42)9-53-20-34(57-17-31(47)14-50-10-27(43)5-38)22-55-24-36(59-19-33(49)16-52-12-29(45)7-40)25-56-23-35(21-54-13-30(46)8-41)58-18-32(48)15-51-11-28(44)6-39/h26-36,38-49H,4-25H2,1-3H3. The predicted molar refractivity (Wildman–Crippen MR) is 205 cm³/mol. The van der Waals surface area contributed by atoms with Crippen LogP contribution in [0.3, 0.4) is 0 Å². The van der Waals surface area contributed by atoms with E-state index >= 15 is 0 Å². The Morgan fingerprint density at radius 1 is 0.288 bits per heavy atom. The van der Waals surface area contributed by atoms with Crippen LogP contribution in [-0.4, -0.2) is 267 Å². The van der Waals surface area contributed by atoms with Crippen molar-refractivity contribution >= 4 is 0 Å². The lowest BCUT2D eigenvalue weighted by Gasteiger charge is -2.25. The van der Waals surface area contributed by atoms with Crippen LogP contribution in [0.4, 0.5) is 0 Å². The molecule has 59 heavy (non-hydrogen) atoms. The largest absolute Gasteiger partial charge is 0.394 e. The molecule has 22 heteroatoms. The summed E-state index contributed by atoms with van der Waals surface area (Å²) in [5.74, 6) is 0. The first-order valence-electron chi connectivity index (χ1n) is 19.8. The van der Waals surface area contributed by atoms with Gasteiger partial charge < -0.3 is 109 Å². The minimum Gasteiger partial charge on any atom is -0.394 e. The second-order valence-electron chi connectivity index (χ2n) is 15.4. The van der Waals surface area contributed by atoms with Gasteiger partial charge in [0, 0.05) is 0 Å². The van der Waals surface area contributed by atoms with Crippen molar-refractivity contribution in [3.8, 4) is 0 Å². The summed E-state index contributed by atoms with van der Waals surface area (Å²) >= 11 is 0. The zero-order valence-corrected chi connectivity index (χ0v) is 34.9. The van der Waals surface area contributed by atoms with Gasteiger partial charge in [-0.2, -0.15) is 0 Å². The maximum atomic E-state index is 10.4. The molecule has 12 N–H and O–H groups in total. The number of ether oxygens (including phenoxy) is 10. The average molecular weight is 873 g/mol. The van der Waals surface area contributed by atoms with Crippen LogP contribution in [0.5, 0.6) is 0 Å². The lowest BCUT2D eigenvalue weighted by molar-refractivity contribution is -0.136. The summed E-state index contributed by atoms with van der Waals surface area (Å²) in [5.41, 5.74) is -0.142. The fraction of sp³-hybridized carbons (Fsp3) is 1.00. The van der Waals surface area contributed by atoms with Gasteiger partial charge in [-0.15, -0.1) is 0 Å². The van der Waals surface area contributed by atoms with Crippen molar-refractivity contribution in [3.63, 3.8) is 0 Å². The summed E-state index contributed by atoms with van der Waals surface area (Å²) in [6, 6.07) is 0. The Bertz CT molecular complexity index is 920. The lowest BCUT2D eigenvalue weighted by Crippen LogP contribution is -2.37. The highest BCUT2D eigenvalue weighted by Gasteiger charge is 2.22. The van der Waals surface area contributed by atoms with Gasteiger partial charge in [0.1, 0.15) is 61.0 Å². The van der Waals surface area contributed by atoms with E-state index < -0.39 is 93.6 Å². The third-order valence-electron chi connectivity index (χ3n) is 7.57. The fourth-order valence-electron chi connectivity index (χ4n) is 4.65. The van der Waals surface area contributed by atoms with Crippen LogP contribution >= 0.6 is 0 Å². The Balaban J connectivity index is 5.58. The van der Waals surface area contributed by atoms with Crippen molar-refractivity contribution in [2.45, 2.75) is 94.3 Å². The van der Waals surface area contributed by atoms with Crippen molar-refractivity contribution < 1.29 is 109 Å². The van der Waals surface area contributed by atoms with Crippen LogP contribution in [0.25, 0.3) is 0 Å². The summed E-state index contributed by atoms with van der Waals surface area (Å²) in [7, 11) is 0. The molecule has 356 valence electrons. The number of hydrogen-bond donors (Lipinski definition) is 12. The highest BCUT2D eigenvalue weighted by Crippen LogP contribution is 2.20. The topological polar surface area (TPSA) is 335 Å². The SMILES string of the molecule is CC(C)(C)CC(O)COCC(COCC(COCC(COCC(O)CO)OCC(O)COCC(O)CO)OCC(O)COCC(O)CO)OCC(O)COCC(O)CO. The highest BCUT2D eigenvalue weighted by atomic mass is 16.6. The Hall–Kier alpha value is -0.880. The molecule has 11 unspecified atom stereocenters. The van der Waals surface area contributed by atoms with Gasteiger partial charge in [0.2, 0.25) is 0 Å². The molecular weight excluding hydrogens is 796 g/mol. The molecule has 0 spiro atoms.